The SMILES string of the molecule is O=C1CCC(N2Cc3cc(CNC45CCCNCC4C5)ccc3C2=O)C(=O)N1. The topological polar surface area (TPSA) is 90.5 Å². The van der Waals surface area contributed by atoms with Crippen LogP contribution in [0.15, 0.2) is 18.2 Å². The van der Waals surface area contributed by atoms with Crippen LogP contribution < -0.4 is 16.0 Å². The van der Waals surface area contributed by atoms with Crippen LogP contribution in [0.1, 0.15) is 53.6 Å². The van der Waals surface area contributed by atoms with Gasteiger partial charge in [-0.25, -0.2) is 0 Å². The molecule has 0 radical (unpaired) electrons. The van der Waals surface area contributed by atoms with Crippen molar-refractivity contribution in [2.45, 2.75) is 56.8 Å². The minimum absolute atomic E-state index is 0.111. The molecule has 1 aliphatic carbocycles. The normalized spacial score (nSPS) is 31.9. The maximum absolute atomic E-state index is 12.8. The molecule has 148 valence electrons. The van der Waals surface area contributed by atoms with Crippen molar-refractivity contribution in [3.63, 3.8) is 0 Å². The van der Waals surface area contributed by atoms with Gasteiger partial charge in [-0.05, 0) is 61.9 Å². The van der Waals surface area contributed by atoms with Crippen molar-refractivity contribution < 1.29 is 14.4 Å². The van der Waals surface area contributed by atoms with Gasteiger partial charge in [0.25, 0.3) is 5.91 Å². The number of benzene rings is 1. The largest absolute Gasteiger partial charge is 0.322 e. The number of carbonyl (C=O) groups is 3. The molecule has 4 aliphatic rings. The third-order valence-corrected chi connectivity index (χ3v) is 6.83. The first-order chi connectivity index (χ1) is 13.6. The van der Waals surface area contributed by atoms with E-state index in [9.17, 15) is 14.4 Å². The summed E-state index contributed by atoms with van der Waals surface area (Å²) in [5.41, 5.74) is 3.11. The van der Waals surface area contributed by atoms with Crippen LogP contribution in [0, 0.1) is 5.92 Å². The van der Waals surface area contributed by atoms with Gasteiger partial charge >= 0.3 is 0 Å². The lowest BCUT2D eigenvalue weighted by Crippen LogP contribution is -2.52. The van der Waals surface area contributed by atoms with E-state index in [-0.39, 0.29) is 29.7 Å². The monoisotopic (exact) mass is 382 g/mol. The molecular weight excluding hydrogens is 356 g/mol. The zero-order valence-electron chi connectivity index (χ0n) is 15.9. The molecule has 3 heterocycles. The highest BCUT2D eigenvalue weighted by molar-refractivity contribution is 6.05. The van der Waals surface area contributed by atoms with E-state index in [0.717, 1.165) is 31.1 Å². The Balaban J connectivity index is 1.27. The second-order valence-electron chi connectivity index (χ2n) is 8.61. The molecule has 3 unspecified atom stereocenters. The summed E-state index contributed by atoms with van der Waals surface area (Å²) in [6.07, 6.45) is 4.35. The molecule has 3 aliphatic heterocycles. The number of rotatable bonds is 4. The lowest BCUT2D eigenvalue weighted by Gasteiger charge is -2.29. The van der Waals surface area contributed by atoms with Crippen LogP contribution >= 0.6 is 0 Å². The minimum atomic E-state index is -0.552. The van der Waals surface area contributed by atoms with Gasteiger partial charge in [0, 0.05) is 30.6 Å². The van der Waals surface area contributed by atoms with E-state index in [4.69, 9.17) is 0 Å². The fourth-order valence-electron chi connectivity index (χ4n) is 5.08. The van der Waals surface area contributed by atoms with Crippen LogP contribution in [0.25, 0.3) is 0 Å². The zero-order valence-corrected chi connectivity index (χ0v) is 15.9. The molecular formula is C21H26N4O3. The Bertz CT molecular complexity index is 854. The van der Waals surface area contributed by atoms with E-state index in [0.29, 0.717) is 18.5 Å². The van der Waals surface area contributed by atoms with Crippen LogP contribution in [-0.2, 0) is 22.7 Å². The molecule has 3 fully saturated rings. The molecule has 7 nitrogen and oxygen atoms in total. The van der Waals surface area contributed by atoms with E-state index in [1.54, 1.807) is 4.90 Å². The van der Waals surface area contributed by atoms with Crippen molar-refractivity contribution in [3.8, 4) is 0 Å². The number of imide groups is 1. The van der Waals surface area contributed by atoms with Gasteiger partial charge in [-0.15, -0.1) is 0 Å². The lowest BCUT2D eigenvalue weighted by atomic mass is 10.0. The molecule has 1 saturated carbocycles. The second kappa shape index (κ2) is 6.67. The number of fused-ring (bicyclic) bond motifs is 2. The van der Waals surface area contributed by atoms with E-state index in [1.165, 1.54) is 24.8 Å². The van der Waals surface area contributed by atoms with Gasteiger partial charge in [-0.2, -0.15) is 0 Å². The average molecular weight is 382 g/mol. The molecule has 0 bridgehead atoms. The maximum atomic E-state index is 12.8. The highest BCUT2D eigenvalue weighted by Gasteiger charge is 2.53. The fraction of sp³-hybridized carbons (Fsp3) is 0.571. The van der Waals surface area contributed by atoms with Crippen LogP contribution in [0.5, 0.6) is 0 Å². The first kappa shape index (κ1) is 17.8. The summed E-state index contributed by atoms with van der Waals surface area (Å²) in [7, 11) is 0. The van der Waals surface area contributed by atoms with Crippen LogP contribution in [0.2, 0.25) is 0 Å². The number of nitrogens with zero attached hydrogens (tertiary/aromatic N) is 1. The van der Waals surface area contributed by atoms with Crippen LogP contribution in [0.3, 0.4) is 0 Å². The Labute approximate surface area is 164 Å². The fourth-order valence-corrected chi connectivity index (χ4v) is 5.08. The predicted octanol–water partition coefficient (Wildman–Crippen LogP) is 0.679. The molecule has 3 amide bonds. The Morgan fingerprint density at radius 2 is 2.14 bits per heavy atom. The summed E-state index contributed by atoms with van der Waals surface area (Å²) in [5, 5.41) is 9.63. The van der Waals surface area contributed by atoms with E-state index < -0.39 is 6.04 Å². The lowest BCUT2D eigenvalue weighted by molar-refractivity contribution is -0.136. The number of carbonyl (C=O) groups excluding carboxylic acids is 3. The van der Waals surface area contributed by atoms with Crippen molar-refractivity contribution in [1.29, 1.82) is 0 Å². The summed E-state index contributed by atoms with van der Waals surface area (Å²) in [5.74, 6) is -0.000828. The number of nitrogens with one attached hydrogen (secondary N) is 3. The molecule has 3 atom stereocenters. The summed E-state index contributed by atoms with van der Waals surface area (Å²) < 4.78 is 0. The highest BCUT2D eigenvalue weighted by atomic mass is 16.2. The molecule has 7 heteroatoms. The molecule has 1 aromatic rings. The Hall–Kier alpha value is -2.25. The molecule has 5 rings (SSSR count). The third-order valence-electron chi connectivity index (χ3n) is 6.83. The molecule has 2 saturated heterocycles. The number of hydrogen-bond donors (Lipinski definition) is 3. The van der Waals surface area contributed by atoms with Gasteiger partial charge in [0.1, 0.15) is 6.04 Å². The van der Waals surface area contributed by atoms with Crippen LogP contribution in [0.4, 0.5) is 0 Å². The Morgan fingerprint density at radius 1 is 1.25 bits per heavy atom. The van der Waals surface area contributed by atoms with Gasteiger partial charge < -0.3 is 15.5 Å². The standard InChI is InChI=1S/C21H26N4O3/c26-18-5-4-17(19(27)24-18)25-12-14-8-13(2-3-16(14)20(25)28)10-23-21-6-1-7-22-11-15(21)9-21/h2-3,8,15,17,22-23H,1,4-7,9-12H2,(H,24,26,27). The predicted molar refractivity (Wildman–Crippen MR) is 102 cm³/mol. The number of piperidine rings is 1. The molecule has 3 N–H and O–H groups in total. The smallest absolute Gasteiger partial charge is 0.255 e. The molecule has 28 heavy (non-hydrogen) atoms. The minimum Gasteiger partial charge on any atom is -0.322 e. The van der Waals surface area contributed by atoms with E-state index >= 15 is 0 Å². The Kier molecular flexibility index (Phi) is 4.25. The van der Waals surface area contributed by atoms with Gasteiger partial charge in [0.2, 0.25) is 11.8 Å². The van der Waals surface area contributed by atoms with Crippen molar-refractivity contribution in [2.75, 3.05) is 13.1 Å². The average Bonchev–Trinajstić information content (AvgIpc) is 3.31. The quantitative estimate of drug-likeness (QED) is 0.667. The van der Waals surface area contributed by atoms with Crippen molar-refractivity contribution in [2.24, 2.45) is 5.92 Å². The van der Waals surface area contributed by atoms with Crippen molar-refractivity contribution in [3.05, 3.63) is 34.9 Å². The van der Waals surface area contributed by atoms with Gasteiger partial charge in [-0.3, -0.25) is 19.7 Å². The second-order valence-corrected chi connectivity index (χ2v) is 8.61. The third kappa shape index (κ3) is 3.02. The van der Waals surface area contributed by atoms with E-state index in [1.807, 2.05) is 12.1 Å². The van der Waals surface area contributed by atoms with Gasteiger partial charge in [-0.1, -0.05) is 12.1 Å². The number of hydrogen-bond acceptors (Lipinski definition) is 5. The Morgan fingerprint density at radius 3 is 3.00 bits per heavy atom. The summed E-state index contributed by atoms with van der Waals surface area (Å²) >= 11 is 0. The maximum Gasteiger partial charge on any atom is 0.255 e. The first-order valence-electron chi connectivity index (χ1n) is 10.3. The molecule has 1 aromatic carbocycles. The van der Waals surface area contributed by atoms with E-state index in [2.05, 4.69) is 22.0 Å². The van der Waals surface area contributed by atoms with Gasteiger partial charge in [0.15, 0.2) is 0 Å². The zero-order chi connectivity index (χ0) is 19.3. The highest BCUT2D eigenvalue weighted by Crippen LogP contribution is 2.47. The van der Waals surface area contributed by atoms with Crippen molar-refractivity contribution >= 4 is 17.7 Å². The summed E-state index contributed by atoms with van der Waals surface area (Å²) in [6, 6.07) is 5.44. The number of amides is 3. The molecule has 0 spiro atoms. The van der Waals surface area contributed by atoms with Crippen LogP contribution in [-0.4, -0.2) is 47.3 Å². The van der Waals surface area contributed by atoms with Crippen molar-refractivity contribution in [1.82, 2.24) is 20.9 Å². The van der Waals surface area contributed by atoms with Gasteiger partial charge in [0.05, 0.1) is 0 Å². The molecule has 0 aromatic heterocycles. The summed E-state index contributed by atoms with van der Waals surface area (Å²) in [4.78, 5) is 37.9. The summed E-state index contributed by atoms with van der Waals surface area (Å²) in [6.45, 7) is 3.45. The first-order valence-corrected chi connectivity index (χ1v) is 10.3.